The molecule has 2 N–H and O–H groups in total. The maximum atomic E-state index is 5.58. The second-order valence-corrected chi connectivity index (χ2v) is 4.09. The van der Waals surface area contributed by atoms with Gasteiger partial charge in [-0.25, -0.2) is 0 Å². The van der Waals surface area contributed by atoms with Gasteiger partial charge in [0.1, 0.15) is 0 Å². The van der Waals surface area contributed by atoms with Crippen molar-refractivity contribution in [3.63, 3.8) is 0 Å². The third-order valence-electron chi connectivity index (χ3n) is 2.43. The van der Waals surface area contributed by atoms with Crippen LogP contribution in [0.5, 0.6) is 0 Å². The zero-order valence-electron chi connectivity index (χ0n) is 6.70. The Balaban J connectivity index is 2.19. The summed E-state index contributed by atoms with van der Waals surface area (Å²) >= 11 is 3.49. The van der Waals surface area contributed by atoms with Crippen LogP contribution in [0.1, 0.15) is 17.9 Å². The molecule has 1 fully saturated rings. The molecule has 0 aliphatic heterocycles. The van der Waals surface area contributed by atoms with Crippen LogP contribution in [0, 0.1) is 5.92 Å². The van der Waals surface area contributed by atoms with E-state index >= 15 is 0 Å². The third kappa shape index (κ3) is 1.39. The Hall–Kier alpha value is -0.410. The highest BCUT2D eigenvalue weighted by atomic mass is 79.9. The van der Waals surface area contributed by atoms with Crippen molar-refractivity contribution in [3.8, 4) is 0 Å². The Morgan fingerprint density at radius 1 is 1.67 bits per heavy atom. The number of pyridine rings is 1. The lowest BCUT2D eigenvalue weighted by atomic mass is 10.1. The molecule has 0 saturated heterocycles. The van der Waals surface area contributed by atoms with E-state index in [4.69, 9.17) is 5.73 Å². The fraction of sp³-hybridized carbons (Fsp3) is 0.444. The van der Waals surface area contributed by atoms with Crippen molar-refractivity contribution < 1.29 is 0 Å². The van der Waals surface area contributed by atoms with Crippen LogP contribution in [-0.4, -0.2) is 11.5 Å². The smallest absolute Gasteiger partial charge is 0.0413 e. The molecule has 0 spiro atoms. The molecule has 0 bridgehead atoms. The molecule has 2 rings (SSSR count). The fourth-order valence-corrected chi connectivity index (χ4v) is 2.12. The summed E-state index contributed by atoms with van der Waals surface area (Å²) in [4.78, 5) is 4.03. The maximum Gasteiger partial charge on any atom is 0.0413 e. The first-order valence-corrected chi connectivity index (χ1v) is 4.91. The second kappa shape index (κ2) is 3.15. The molecular formula is C9H11BrN2. The van der Waals surface area contributed by atoms with Gasteiger partial charge in [-0.3, -0.25) is 4.98 Å². The molecule has 1 aliphatic rings. The first kappa shape index (κ1) is 8.20. The van der Waals surface area contributed by atoms with Gasteiger partial charge in [0, 0.05) is 16.9 Å². The molecule has 2 nitrogen and oxygen atoms in total. The van der Waals surface area contributed by atoms with E-state index in [1.807, 2.05) is 12.4 Å². The SMILES string of the molecule is NCC1CC1c1ccncc1Br. The molecule has 1 aromatic rings. The molecule has 12 heavy (non-hydrogen) atoms. The van der Waals surface area contributed by atoms with Gasteiger partial charge in [0.15, 0.2) is 0 Å². The van der Waals surface area contributed by atoms with Crippen molar-refractivity contribution in [3.05, 3.63) is 28.5 Å². The summed E-state index contributed by atoms with van der Waals surface area (Å²) in [6.45, 7) is 0.805. The Labute approximate surface area is 80.3 Å². The summed E-state index contributed by atoms with van der Waals surface area (Å²) in [5.74, 6) is 1.37. The van der Waals surface area contributed by atoms with Crippen molar-refractivity contribution in [2.75, 3.05) is 6.54 Å². The molecule has 1 aliphatic carbocycles. The van der Waals surface area contributed by atoms with E-state index in [1.54, 1.807) is 0 Å². The van der Waals surface area contributed by atoms with Crippen LogP contribution in [0.2, 0.25) is 0 Å². The predicted molar refractivity (Wildman–Crippen MR) is 51.8 cm³/mol. The molecule has 2 unspecified atom stereocenters. The first-order valence-electron chi connectivity index (χ1n) is 4.12. The van der Waals surface area contributed by atoms with E-state index < -0.39 is 0 Å². The highest BCUT2D eigenvalue weighted by Gasteiger charge is 2.37. The minimum atomic E-state index is 0.673. The molecular weight excluding hydrogens is 216 g/mol. The van der Waals surface area contributed by atoms with Gasteiger partial charge >= 0.3 is 0 Å². The monoisotopic (exact) mass is 226 g/mol. The molecule has 1 saturated carbocycles. The van der Waals surface area contributed by atoms with Crippen molar-refractivity contribution in [1.82, 2.24) is 4.98 Å². The number of hydrogen-bond donors (Lipinski definition) is 1. The van der Waals surface area contributed by atoms with Crippen LogP contribution >= 0.6 is 15.9 Å². The summed E-state index contributed by atoms with van der Waals surface area (Å²) in [6, 6.07) is 2.07. The standard InChI is InChI=1S/C9H11BrN2/c10-9-5-12-2-1-7(9)8-3-6(8)4-11/h1-2,5-6,8H,3-4,11H2. The van der Waals surface area contributed by atoms with Gasteiger partial charge in [0.05, 0.1) is 0 Å². The van der Waals surface area contributed by atoms with Gasteiger partial charge in [-0.05, 0) is 52.4 Å². The number of nitrogens with two attached hydrogens (primary N) is 1. The van der Waals surface area contributed by atoms with Gasteiger partial charge in [0.2, 0.25) is 0 Å². The van der Waals surface area contributed by atoms with Crippen LogP contribution in [-0.2, 0) is 0 Å². The Bertz CT molecular complexity index is 288. The lowest BCUT2D eigenvalue weighted by molar-refractivity contribution is 0.807. The largest absolute Gasteiger partial charge is 0.330 e. The summed E-state index contributed by atoms with van der Waals surface area (Å²) < 4.78 is 1.12. The second-order valence-electron chi connectivity index (χ2n) is 3.24. The Morgan fingerprint density at radius 3 is 3.08 bits per heavy atom. The quantitative estimate of drug-likeness (QED) is 0.838. The summed E-state index contributed by atoms with van der Waals surface area (Å²) in [7, 11) is 0. The van der Waals surface area contributed by atoms with Crippen LogP contribution in [0.3, 0.4) is 0 Å². The average molecular weight is 227 g/mol. The number of rotatable bonds is 2. The normalized spacial score (nSPS) is 27.2. The number of aromatic nitrogens is 1. The first-order chi connectivity index (χ1) is 5.83. The third-order valence-corrected chi connectivity index (χ3v) is 3.09. The van der Waals surface area contributed by atoms with E-state index in [-0.39, 0.29) is 0 Å². The highest BCUT2D eigenvalue weighted by molar-refractivity contribution is 9.10. The van der Waals surface area contributed by atoms with Crippen molar-refractivity contribution in [2.45, 2.75) is 12.3 Å². The molecule has 0 aromatic carbocycles. The molecule has 0 amide bonds. The van der Waals surface area contributed by atoms with Gasteiger partial charge < -0.3 is 5.73 Å². The highest BCUT2D eigenvalue weighted by Crippen LogP contribution is 2.48. The van der Waals surface area contributed by atoms with Crippen molar-refractivity contribution in [1.29, 1.82) is 0 Å². The molecule has 1 heterocycles. The fourth-order valence-electron chi connectivity index (χ4n) is 1.58. The minimum absolute atomic E-state index is 0.673. The number of nitrogens with zero attached hydrogens (tertiary/aromatic N) is 1. The van der Waals surface area contributed by atoms with Gasteiger partial charge in [-0.2, -0.15) is 0 Å². The van der Waals surface area contributed by atoms with Gasteiger partial charge in [-0.1, -0.05) is 0 Å². The van der Waals surface area contributed by atoms with E-state index in [1.165, 1.54) is 12.0 Å². The summed E-state index contributed by atoms with van der Waals surface area (Å²) in [5.41, 5.74) is 6.94. The summed E-state index contributed by atoms with van der Waals surface area (Å²) in [5, 5.41) is 0. The Morgan fingerprint density at radius 2 is 2.50 bits per heavy atom. The lowest BCUT2D eigenvalue weighted by Gasteiger charge is -2.00. The predicted octanol–water partition coefficient (Wildman–Crippen LogP) is 1.91. The average Bonchev–Trinajstić information content (AvgIpc) is 2.84. The van der Waals surface area contributed by atoms with Crippen LogP contribution < -0.4 is 5.73 Å². The van der Waals surface area contributed by atoms with E-state index in [9.17, 15) is 0 Å². The van der Waals surface area contributed by atoms with Crippen LogP contribution in [0.4, 0.5) is 0 Å². The van der Waals surface area contributed by atoms with Gasteiger partial charge in [-0.15, -0.1) is 0 Å². The van der Waals surface area contributed by atoms with E-state index in [0.29, 0.717) is 11.8 Å². The van der Waals surface area contributed by atoms with Crippen LogP contribution in [0.25, 0.3) is 0 Å². The van der Waals surface area contributed by atoms with E-state index in [2.05, 4.69) is 27.0 Å². The minimum Gasteiger partial charge on any atom is -0.330 e. The van der Waals surface area contributed by atoms with Crippen molar-refractivity contribution in [2.24, 2.45) is 11.7 Å². The molecule has 1 aromatic heterocycles. The van der Waals surface area contributed by atoms with E-state index in [0.717, 1.165) is 11.0 Å². The topological polar surface area (TPSA) is 38.9 Å². The van der Waals surface area contributed by atoms with Crippen molar-refractivity contribution >= 4 is 15.9 Å². The molecule has 64 valence electrons. The Kier molecular flexibility index (Phi) is 2.15. The van der Waals surface area contributed by atoms with Gasteiger partial charge in [0.25, 0.3) is 0 Å². The molecule has 0 radical (unpaired) electrons. The zero-order chi connectivity index (χ0) is 8.55. The lowest BCUT2D eigenvalue weighted by Crippen LogP contribution is -2.02. The molecule has 3 heteroatoms. The van der Waals surface area contributed by atoms with Crippen LogP contribution in [0.15, 0.2) is 22.9 Å². The number of hydrogen-bond acceptors (Lipinski definition) is 2. The molecule has 2 atom stereocenters. The number of halogens is 1. The maximum absolute atomic E-state index is 5.58. The summed E-state index contributed by atoms with van der Waals surface area (Å²) in [6.07, 6.45) is 4.92. The zero-order valence-corrected chi connectivity index (χ0v) is 8.29.